The van der Waals surface area contributed by atoms with Crippen LogP contribution in [0.25, 0.3) is 22.0 Å². The van der Waals surface area contributed by atoms with Gasteiger partial charge < -0.3 is 14.6 Å². The summed E-state index contributed by atoms with van der Waals surface area (Å²) in [6.07, 6.45) is 1.67. The summed E-state index contributed by atoms with van der Waals surface area (Å²) in [5.74, 6) is -0.213. The number of hydrogen-bond acceptors (Lipinski definition) is 3. The van der Waals surface area contributed by atoms with E-state index in [1.165, 1.54) is 17.7 Å². The van der Waals surface area contributed by atoms with Crippen molar-refractivity contribution in [1.29, 1.82) is 0 Å². The number of fused-ring (bicyclic) bond motifs is 1. The first-order valence-electron chi connectivity index (χ1n) is 13.5. The third-order valence-corrected chi connectivity index (χ3v) is 7.52. The lowest BCUT2D eigenvalue weighted by Gasteiger charge is -2.33. The van der Waals surface area contributed by atoms with Gasteiger partial charge in [-0.25, -0.2) is 0 Å². The minimum absolute atomic E-state index is 0.213. The first-order chi connectivity index (χ1) is 18.8. The second-order valence-electron chi connectivity index (χ2n) is 10.2. The molecule has 1 aliphatic heterocycles. The molecule has 4 aromatic rings. The Hall–Kier alpha value is -3.16. The summed E-state index contributed by atoms with van der Waals surface area (Å²) in [4.78, 5) is 2.48. The van der Waals surface area contributed by atoms with Gasteiger partial charge in [-0.05, 0) is 72.9 Å². The Morgan fingerprint density at radius 1 is 1.00 bits per heavy atom. The minimum Gasteiger partial charge on any atom is -0.406 e. The fourth-order valence-electron chi connectivity index (χ4n) is 5.33. The normalized spacial score (nSPS) is 15.1. The summed E-state index contributed by atoms with van der Waals surface area (Å²) in [7, 11) is 0. The van der Waals surface area contributed by atoms with E-state index in [0.717, 1.165) is 84.6 Å². The fraction of sp³-hybridized carbons (Fsp3) is 0.355. The topological polar surface area (TPSA) is 29.4 Å². The molecule has 39 heavy (non-hydrogen) atoms. The Labute approximate surface area is 232 Å². The van der Waals surface area contributed by atoms with Gasteiger partial charge in [0.15, 0.2) is 0 Å². The maximum Gasteiger partial charge on any atom is 0.573 e. The van der Waals surface area contributed by atoms with Crippen molar-refractivity contribution in [3.05, 3.63) is 83.5 Å². The quantitative estimate of drug-likeness (QED) is 0.224. The van der Waals surface area contributed by atoms with Crippen molar-refractivity contribution in [2.75, 3.05) is 18.4 Å². The lowest BCUT2D eigenvalue weighted by atomic mass is 10.0. The highest BCUT2D eigenvalue weighted by Crippen LogP contribution is 2.34. The van der Waals surface area contributed by atoms with Crippen LogP contribution in [-0.2, 0) is 13.1 Å². The van der Waals surface area contributed by atoms with E-state index in [-0.39, 0.29) is 5.75 Å². The van der Waals surface area contributed by atoms with Gasteiger partial charge in [0.2, 0.25) is 0 Å². The number of aryl methyl sites for hydroxylation is 1. The van der Waals surface area contributed by atoms with Crippen LogP contribution in [0.5, 0.6) is 5.75 Å². The van der Waals surface area contributed by atoms with Gasteiger partial charge >= 0.3 is 6.36 Å². The molecule has 1 saturated heterocycles. The molecule has 1 N–H and O–H groups in total. The summed E-state index contributed by atoms with van der Waals surface area (Å²) >= 11 is 6.13. The average molecular weight is 556 g/mol. The molecule has 0 atom stereocenters. The number of piperidine rings is 1. The first-order valence-corrected chi connectivity index (χ1v) is 13.9. The maximum atomic E-state index is 12.6. The summed E-state index contributed by atoms with van der Waals surface area (Å²) in [5.41, 5.74) is 5.32. The summed E-state index contributed by atoms with van der Waals surface area (Å²) < 4.78 is 44.2. The van der Waals surface area contributed by atoms with Crippen LogP contribution in [0, 0.1) is 0 Å². The Morgan fingerprint density at radius 3 is 2.46 bits per heavy atom. The number of aromatic nitrogens is 1. The summed E-state index contributed by atoms with van der Waals surface area (Å²) in [6, 6.07) is 21.1. The van der Waals surface area contributed by atoms with Gasteiger partial charge in [-0.15, -0.1) is 13.2 Å². The molecule has 206 valence electrons. The molecule has 0 spiro atoms. The molecule has 0 bridgehead atoms. The number of ether oxygens (including phenoxy) is 1. The van der Waals surface area contributed by atoms with E-state index in [1.807, 2.05) is 18.2 Å². The molecule has 1 aromatic heterocycles. The molecule has 5 rings (SSSR count). The molecule has 0 amide bonds. The molecule has 1 aliphatic rings. The maximum absolute atomic E-state index is 12.6. The second-order valence-corrected chi connectivity index (χ2v) is 10.7. The van der Waals surface area contributed by atoms with Gasteiger partial charge in [-0.3, -0.25) is 4.90 Å². The van der Waals surface area contributed by atoms with E-state index in [1.54, 1.807) is 12.1 Å². The van der Waals surface area contributed by atoms with E-state index in [4.69, 9.17) is 11.6 Å². The Morgan fingerprint density at radius 2 is 1.77 bits per heavy atom. The molecule has 8 heteroatoms. The summed E-state index contributed by atoms with van der Waals surface area (Å²) in [6.45, 7) is 5.92. The number of alkyl halides is 3. The standard InChI is InChI=1S/C31H33ClF3N3O/c1-2-3-15-38-21-29(23-8-10-27(11-9-23)39-31(33,34)35)28-18-22(7-12-30(28)38)20-37-16-13-25(14-17-37)36-26-6-4-5-24(32)19-26/h4-12,18-19,21,25,36H,2-3,13-17,20H2,1H3. The first kappa shape index (κ1) is 27.4. The third-order valence-electron chi connectivity index (χ3n) is 7.29. The SMILES string of the molecule is CCCCn1cc(-c2ccc(OC(F)(F)F)cc2)c2cc(CN3CCC(Nc4cccc(Cl)c4)CC3)ccc21. The van der Waals surface area contributed by atoms with Crippen molar-refractivity contribution in [3.63, 3.8) is 0 Å². The highest BCUT2D eigenvalue weighted by Gasteiger charge is 2.31. The zero-order chi connectivity index (χ0) is 27.4. The van der Waals surface area contributed by atoms with Crippen molar-refractivity contribution in [3.8, 4) is 16.9 Å². The second kappa shape index (κ2) is 11.9. The third kappa shape index (κ3) is 7.08. The zero-order valence-corrected chi connectivity index (χ0v) is 22.7. The monoisotopic (exact) mass is 555 g/mol. The lowest BCUT2D eigenvalue weighted by Crippen LogP contribution is -2.38. The number of likely N-dealkylation sites (tertiary alicyclic amines) is 1. The smallest absolute Gasteiger partial charge is 0.406 e. The highest BCUT2D eigenvalue weighted by molar-refractivity contribution is 6.30. The number of benzene rings is 3. The van der Waals surface area contributed by atoms with Crippen LogP contribution in [-0.4, -0.2) is 35.0 Å². The van der Waals surface area contributed by atoms with Gasteiger partial charge in [0, 0.05) is 65.6 Å². The lowest BCUT2D eigenvalue weighted by molar-refractivity contribution is -0.274. The van der Waals surface area contributed by atoms with Crippen molar-refractivity contribution >= 4 is 28.2 Å². The van der Waals surface area contributed by atoms with Crippen molar-refractivity contribution in [2.24, 2.45) is 0 Å². The van der Waals surface area contributed by atoms with Crippen LogP contribution in [0.3, 0.4) is 0 Å². The largest absolute Gasteiger partial charge is 0.573 e. The number of unbranched alkanes of at least 4 members (excludes halogenated alkanes) is 1. The van der Waals surface area contributed by atoms with Crippen molar-refractivity contribution < 1.29 is 17.9 Å². The number of rotatable bonds is 9. The average Bonchev–Trinajstić information content (AvgIpc) is 3.26. The van der Waals surface area contributed by atoms with Gasteiger partial charge in [-0.1, -0.05) is 49.2 Å². The predicted molar refractivity (Wildman–Crippen MR) is 152 cm³/mol. The molecule has 0 aliphatic carbocycles. The molecule has 4 nitrogen and oxygen atoms in total. The predicted octanol–water partition coefficient (Wildman–Crippen LogP) is 8.74. The van der Waals surface area contributed by atoms with E-state index in [2.05, 4.69) is 56.9 Å². The van der Waals surface area contributed by atoms with E-state index < -0.39 is 6.36 Å². The molecule has 2 heterocycles. The van der Waals surface area contributed by atoms with Crippen molar-refractivity contribution in [1.82, 2.24) is 9.47 Å². The molecule has 3 aromatic carbocycles. The van der Waals surface area contributed by atoms with Crippen molar-refractivity contribution in [2.45, 2.75) is 58.1 Å². The fourth-order valence-corrected chi connectivity index (χ4v) is 5.52. The van der Waals surface area contributed by atoms with Crippen LogP contribution < -0.4 is 10.1 Å². The molecule has 0 radical (unpaired) electrons. The van der Waals surface area contributed by atoms with Gasteiger partial charge in [0.05, 0.1) is 0 Å². The summed E-state index contributed by atoms with van der Waals surface area (Å²) in [5, 5.41) is 5.46. The van der Waals surface area contributed by atoms with Crippen LogP contribution in [0.1, 0.15) is 38.2 Å². The minimum atomic E-state index is -4.70. The molecular weight excluding hydrogens is 523 g/mol. The Kier molecular flexibility index (Phi) is 8.38. The zero-order valence-electron chi connectivity index (χ0n) is 22.0. The van der Waals surface area contributed by atoms with Crippen LogP contribution in [0.2, 0.25) is 5.02 Å². The number of halogens is 4. The van der Waals surface area contributed by atoms with Crippen LogP contribution in [0.4, 0.5) is 18.9 Å². The van der Waals surface area contributed by atoms with Gasteiger partial charge in [0.25, 0.3) is 0 Å². The number of nitrogens with one attached hydrogen (secondary N) is 1. The van der Waals surface area contributed by atoms with E-state index >= 15 is 0 Å². The molecule has 1 fully saturated rings. The molecule has 0 saturated carbocycles. The highest BCUT2D eigenvalue weighted by atomic mass is 35.5. The van der Waals surface area contributed by atoms with Crippen LogP contribution in [0.15, 0.2) is 72.9 Å². The molecule has 0 unspecified atom stereocenters. The van der Waals surface area contributed by atoms with Gasteiger partial charge in [0.1, 0.15) is 5.75 Å². The Balaban J connectivity index is 1.31. The van der Waals surface area contributed by atoms with E-state index in [0.29, 0.717) is 6.04 Å². The number of nitrogens with zero attached hydrogens (tertiary/aromatic N) is 2. The van der Waals surface area contributed by atoms with E-state index in [9.17, 15) is 13.2 Å². The number of anilines is 1. The number of hydrogen-bond donors (Lipinski definition) is 1. The van der Waals surface area contributed by atoms with Crippen LogP contribution >= 0.6 is 11.6 Å². The molecular formula is C31H33ClF3N3O. The van der Waals surface area contributed by atoms with Gasteiger partial charge in [-0.2, -0.15) is 0 Å². The Bertz CT molecular complexity index is 1390.